The smallest absolute Gasteiger partial charge is 0.433 e. The number of carbonyl (C=O) groups excluding carboxylic acids is 2. The molecule has 220 valence electrons. The van der Waals surface area contributed by atoms with Gasteiger partial charge in [-0.3, -0.25) is 19.7 Å². The number of aromatic nitrogens is 1. The largest absolute Gasteiger partial charge is 0.486 e. The van der Waals surface area contributed by atoms with Crippen molar-refractivity contribution < 1.29 is 36.8 Å². The van der Waals surface area contributed by atoms with Gasteiger partial charge in [0.2, 0.25) is 0 Å². The van der Waals surface area contributed by atoms with Crippen molar-refractivity contribution in [2.24, 2.45) is 5.73 Å². The molecule has 3 heterocycles. The Morgan fingerprint density at radius 2 is 1.81 bits per heavy atom. The Morgan fingerprint density at radius 1 is 1.09 bits per heavy atom. The predicted molar refractivity (Wildman–Crippen MR) is 152 cm³/mol. The second kappa shape index (κ2) is 11.2. The van der Waals surface area contributed by atoms with Gasteiger partial charge >= 0.3 is 6.18 Å². The van der Waals surface area contributed by atoms with Crippen molar-refractivity contribution in [2.45, 2.75) is 26.6 Å². The minimum Gasteiger partial charge on any atom is -0.486 e. The molecule has 3 aromatic heterocycles. The van der Waals surface area contributed by atoms with Crippen LogP contribution in [0.2, 0.25) is 0 Å². The number of rotatable bonds is 8. The van der Waals surface area contributed by atoms with E-state index in [1.807, 2.05) is 6.92 Å². The van der Waals surface area contributed by atoms with E-state index in [1.54, 1.807) is 31.2 Å². The van der Waals surface area contributed by atoms with Gasteiger partial charge < -0.3 is 20.2 Å². The summed E-state index contributed by atoms with van der Waals surface area (Å²) in [7, 11) is 0. The van der Waals surface area contributed by atoms with E-state index in [4.69, 9.17) is 14.9 Å². The number of primary amides is 1. The molecule has 0 fully saturated rings. The first-order valence-electron chi connectivity index (χ1n) is 12.5. The SMILES string of the molecule is Cc1ccc(-c2cc(C(F)(F)F)nc3sc(C(N)=O)c(NC(=O)c4ccc(COc5ccc([N+](=O)[O-])c(C)c5)o4)c23)cc1. The maximum Gasteiger partial charge on any atom is 0.433 e. The van der Waals surface area contributed by atoms with Crippen molar-refractivity contribution in [2.75, 3.05) is 5.32 Å². The third-order valence-corrected chi connectivity index (χ3v) is 7.51. The number of nitrogens with zero attached hydrogens (tertiary/aromatic N) is 2. The first-order valence-corrected chi connectivity index (χ1v) is 13.3. The van der Waals surface area contributed by atoms with Crippen molar-refractivity contribution in [3.8, 4) is 16.9 Å². The number of furan rings is 1. The van der Waals surface area contributed by atoms with Crippen LogP contribution in [0.3, 0.4) is 0 Å². The summed E-state index contributed by atoms with van der Waals surface area (Å²) in [6.45, 7) is 3.28. The molecule has 0 bridgehead atoms. The molecule has 10 nitrogen and oxygen atoms in total. The highest BCUT2D eigenvalue weighted by Crippen LogP contribution is 2.44. The van der Waals surface area contributed by atoms with Crippen molar-refractivity contribution >= 4 is 44.7 Å². The number of halogens is 3. The van der Waals surface area contributed by atoms with Crippen molar-refractivity contribution in [1.82, 2.24) is 4.98 Å². The molecular formula is C29H21F3N4O6S. The second-order valence-corrected chi connectivity index (χ2v) is 10.5. The van der Waals surface area contributed by atoms with E-state index in [0.29, 0.717) is 28.2 Å². The minimum absolute atomic E-state index is 0.0593. The Labute approximate surface area is 245 Å². The molecule has 43 heavy (non-hydrogen) atoms. The van der Waals surface area contributed by atoms with Crippen LogP contribution >= 0.6 is 11.3 Å². The maximum absolute atomic E-state index is 13.7. The molecule has 3 N–H and O–H groups in total. The Balaban J connectivity index is 1.47. The van der Waals surface area contributed by atoms with E-state index in [9.17, 15) is 32.9 Å². The zero-order valence-corrected chi connectivity index (χ0v) is 23.3. The monoisotopic (exact) mass is 610 g/mol. The number of amides is 2. The van der Waals surface area contributed by atoms with E-state index >= 15 is 0 Å². The summed E-state index contributed by atoms with van der Waals surface area (Å²) in [5.74, 6) is -1.35. The third-order valence-electron chi connectivity index (χ3n) is 6.41. The highest BCUT2D eigenvalue weighted by molar-refractivity contribution is 7.21. The average Bonchev–Trinajstić information content (AvgIpc) is 3.56. The van der Waals surface area contributed by atoms with Crippen LogP contribution in [0.5, 0.6) is 5.75 Å². The summed E-state index contributed by atoms with van der Waals surface area (Å²) in [5, 5.41) is 13.7. The molecule has 0 atom stereocenters. The van der Waals surface area contributed by atoms with Gasteiger partial charge in [-0.2, -0.15) is 13.2 Å². The number of hydrogen-bond donors (Lipinski definition) is 2. The molecule has 0 saturated heterocycles. The van der Waals surface area contributed by atoms with Crippen LogP contribution in [0.15, 0.2) is 65.1 Å². The lowest BCUT2D eigenvalue weighted by molar-refractivity contribution is -0.385. The highest BCUT2D eigenvalue weighted by Gasteiger charge is 2.35. The topological polar surface area (TPSA) is 151 Å². The molecule has 0 radical (unpaired) electrons. The van der Waals surface area contributed by atoms with Gasteiger partial charge in [-0.25, -0.2) is 4.98 Å². The molecule has 0 spiro atoms. The van der Waals surface area contributed by atoms with Gasteiger partial charge in [0.05, 0.1) is 10.6 Å². The van der Waals surface area contributed by atoms with Crippen LogP contribution in [0, 0.1) is 24.0 Å². The van der Waals surface area contributed by atoms with Crippen LogP contribution in [-0.4, -0.2) is 21.7 Å². The van der Waals surface area contributed by atoms with Crippen LogP contribution in [0.4, 0.5) is 24.5 Å². The van der Waals surface area contributed by atoms with Crippen LogP contribution < -0.4 is 15.8 Å². The molecule has 0 aliphatic rings. The number of nitro benzene ring substituents is 1. The highest BCUT2D eigenvalue weighted by atomic mass is 32.1. The molecule has 0 aliphatic carbocycles. The van der Waals surface area contributed by atoms with Crippen molar-refractivity contribution in [3.63, 3.8) is 0 Å². The summed E-state index contributed by atoms with van der Waals surface area (Å²) in [6.07, 6.45) is -4.77. The van der Waals surface area contributed by atoms with Gasteiger partial charge in [-0.15, -0.1) is 11.3 Å². The molecule has 5 rings (SSSR count). The van der Waals surface area contributed by atoms with Gasteiger partial charge in [0, 0.05) is 17.0 Å². The Morgan fingerprint density at radius 3 is 2.44 bits per heavy atom. The van der Waals surface area contributed by atoms with Crippen molar-refractivity contribution in [1.29, 1.82) is 0 Å². The van der Waals surface area contributed by atoms with Crippen LogP contribution in [0.1, 0.15) is 42.8 Å². The quantitative estimate of drug-likeness (QED) is 0.141. The average molecular weight is 611 g/mol. The standard InChI is InChI=1S/C29H21F3N4O6S/c1-14-3-5-16(6-4-14)19-12-22(29(30,31)32)34-28-23(19)24(25(43-28)26(33)37)35-27(38)21-10-8-18(42-21)13-41-17-7-9-20(36(39)40)15(2)11-17/h3-12H,13H2,1-2H3,(H2,33,37)(H,35,38). The Hall–Kier alpha value is -5.24. The Bertz CT molecular complexity index is 1900. The fraction of sp³-hybridized carbons (Fsp3) is 0.138. The minimum atomic E-state index is -4.77. The van der Waals surface area contributed by atoms with E-state index in [0.717, 1.165) is 11.6 Å². The fourth-order valence-corrected chi connectivity index (χ4v) is 5.33. The zero-order chi connectivity index (χ0) is 31.1. The summed E-state index contributed by atoms with van der Waals surface area (Å²) in [4.78, 5) is 39.5. The number of nitro groups is 1. The molecule has 0 unspecified atom stereocenters. The fourth-order valence-electron chi connectivity index (χ4n) is 4.33. The van der Waals surface area contributed by atoms with Crippen LogP contribution in [0.25, 0.3) is 21.3 Å². The lowest BCUT2D eigenvalue weighted by Gasteiger charge is -2.12. The molecule has 0 saturated carbocycles. The first-order chi connectivity index (χ1) is 20.3. The maximum atomic E-state index is 13.7. The zero-order valence-electron chi connectivity index (χ0n) is 22.4. The number of pyridine rings is 1. The van der Waals surface area contributed by atoms with Gasteiger partial charge in [0.1, 0.15) is 33.5 Å². The summed E-state index contributed by atoms with van der Waals surface area (Å²) < 4.78 is 52.4. The normalized spacial score (nSPS) is 11.5. The lowest BCUT2D eigenvalue weighted by atomic mass is 10.00. The molecule has 2 amide bonds. The van der Waals surface area contributed by atoms with Gasteiger partial charge in [0.25, 0.3) is 17.5 Å². The number of carbonyl (C=O) groups is 2. The second-order valence-electron chi connectivity index (χ2n) is 9.48. The first kappa shape index (κ1) is 29.3. The number of benzene rings is 2. The summed E-state index contributed by atoms with van der Waals surface area (Å²) in [5.41, 5.74) is 6.03. The molecule has 14 heteroatoms. The number of thiophene rings is 1. The Kier molecular flexibility index (Phi) is 7.63. The predicted octanol–water partition coefficient (Wildman–Crippen LogP) is 7.03. The third kappa shape index (κ3) is 6.04. The van der Waals surface area contributed by atoms with Gasteiger partial charge in [-0.05, 0) is 55.3 Å². The number of nitrogens with one attached hydrogen (secondary N) is 1. The number of alkyl halides is 3. The number of nitrogens with two attached hydrogens (primary N) is 1. The number of fused-ring (bicyclic) bond motifs is 1. The molecule has 0 aliphatic heterocycles. The van der Waals surface area contributed by atoms with E-state index in [2.05, 4.69) is 10.3 Å². The molecule has 2 aromatic carbocycles. The number of hydrogen-bond acceptors (Lipinski definition) is 8. The number of anilines is 1. The van der Waals surface area contributed by atoms with Gasteiger partial charge in [0.15, 0.2) is 5.76 Å². The summed E-state index contributed by atoms with van der Waals surface area (Å²) >= 11 is 0.633. The van der Waals surface area contributed by atoms with Crippen molar-refractivity contribution in [3.05, 3.63) is 104 Å². The number of ether oxygens (including phenoxy) is 1. The summed E-state index contributed by atoms with van der Waals surface area (Å²) in [6, 6.07) is 14.6. The van der Waals surface area contributed by atoms with E-state index in [-0.39, 0.29) is 50.2 Å². The van der Waals surface area contributed by atoms with Gasteiger partial charge in [-0.1, -0.05) is 29.8 Å². The molecule has 5 aromatic rings. The number of aryl methyl sites for hydroxylation is 2. The molecular weight excluding hydrogens is 589 g/mol. The van der Waals surface area contributed by atoms with E-state index in [1.165, 1.54) is 30.3 Å². The lowest BCUT2D eigenvalue weighted by Crippen LogP contribution is -2.16. The van der Waals surface area contributed by atoms with Crippen LogP contribution in [-0.2, 0) is 12.8 Å². The van der Waals surface area contributed by atoms with E-state index < -0.39 is 28.6 Å².